The molecule has 0 unspecified atom stereocenters. The maximum Gasteiger partial charge on any atom is 0.470 e. The van der Waals surface area contributed by atoms with E-state index in [-0.39, 0.29) is 16.6 Å². The molecule has 1 N–H and O–H groups in total. The van der Waals surface area contributed by atoms with E-state index in [1.54, 1.807) is 0 Å². The topological polar surface area (TPSA) is 38.7 Å². The Hall–Kier alpha value is -1.30. The number of halogens is 1. The second-order valence-electron chi connectivity index (χ2n) is 12.1. The summed E-state index contributed by atoms with van der Waals surface area (Å²) in [7, 11) is -0.455. The number of hydrogen-bond acceptors (Lipinski definition) is 3. The molecule has 3 nitrogen and oxygen atoms in total. The van der Waals surface area contributed by atoms with Crippen molar-refractivity contribution in [3.63, 3.8) is 0 Å². The van der Waals surface area contributed by atoms with Crippen LogP contribution in [0.3, 0.4) is 0 Å². The van der Waals surface area contributed by atoms with Gasteiger partial charge in [0.1, 0.15) is 5.75 Å². The maximum absolute atomic E-state index is 11.3. The van der Waals surface area contributed by atoms with E-state index < -0.39 is 18.3 Å². The predicted octanol–water partition coefficient (Wildman–Crippen LogP) is 7.51. The summed E-state index contributed by atoms with van der Waals surface area (Å²) in [4.78, 5) is 0. The molecule has 32 heavy (non-hydrogen) atoms. The zero-order valence-electron chi connectivity index (χ0n) is 21.3. The summed E-state index contributed by atoms with van der Waals surface area (Å²) in [6, 6.07) is 12.5. The number of phenolic OH excluding ortho intramolecular Hbond substituents is 1. The van der Waals surface area contributed by atoms with Gasteiger partial charge in [-0.1, -0.05) is 87.8 Å². The van der Waals surface area contributed by atoms with E-state index in [1.807, 2.05) is 12.1 Å². The van der Waals surface area contributed by atoms with E-state index in [1.165, 1.54) is 0 Å². The van der Waals surface area contributed by atoms with Crippen LogP contribution in [-0.2, 0) is 20.1 Å². The normalized spacial score (nSPS) is 19.3. The van der Waals surface area contributed by atoms with Crippen LogP contribution in [0.25, 0.3) is 0 Å². The van der Waals surface area contributed by atoms with Gasteiger partial charge in [0.25, 0.3) is 0 Å². The van der Waals surface area contributed by atoms with Crippen LogP contribution in [-0.4, -0.2) is 23.4 Å². The summed E-state index contributed by atoms with van der Waals surface area (Å²) >= 11 is 3.77. The zero-order valence-corrected chi connectivity index (χ0v) is 22.8. The fourth-order valence-electron chi connectivity index (χ4n) is 4.22. The van der Waals surface area contributed by atoms with Gasteiger partial charge in [-0.3, -0.25) is 0 Å². The lowest BCUT2D eigenvalue weighted by Gasteiger charge is -2.32. The molecule has 3 rings (SSSR count). The smallest absolute Gasteiger partial charge is 0.470 e. The Morgan fingerprint density at radius 2 is 1.28 bits per heavy atom. The van der Waals surface area contributed by atoms with E-state index in [4.69, 9.17) is 9.31 Å². The molecular weight excluding hydrogens is 463 g/mol. The van der Waals surface area contributed by atoms with Crippen LogP contribution in [0.15, 0.2) is 40.9 Å². The van der Waals surface area contributed by atoms with Gasteiger partial charge in [-0.25, -0.2) is 0 Å². The maximum atomic E-state index is 11.3. The van der Waals surface area contributed by atoms with Crippen LogP contribution in [0.4, 0.5) is 0 Å². The van der Waals surface area contributed by atoms with Crippen molar-refractivity contribution in [1.82, 2.24) is 0 Å². The lowest BCUT2D eigenvalue weighted by molar-refractivity contribution is 0.00578. The van der Waals surface area contributed by atoms with Crippen LogP contribution in [0, 0.1) is 0 Å². The lowest BCUT2D eigenvalue weighted by Crippen LogP contribution is -2.41. The highest BCUT2D eigenvalue weighted by Gasteiger charge is 2.54. The second kappa shape index (κ2) is 8.18. The minimum Gasteiger partial charge on any atom is -0.507 e. The van der Waals surface area contributed by atoms with Crippen molar-refractivity contribution in [2.75, 3.05) is 0 Å². The summed E-state index contributed by atoms with van der Waals surface area (Å²) in [5.41, 5.74) is 2.77. The van der Waals surface area contributed by atoms with Crippen molar-refractivity contribution in [2.24, 2.45) is 0 Å². The Balaban J connectivity index is 2.30. The van der Waals surface area contributed by atoms with Crippen LogP contribution < -0.4 is 0 Å². The molecule has 1 atom stereocenters. The highest BCUT2D eigenvalue weighted by Crippen LogP contribution is 2.47. The van der Waals surface area contributed by atoms with E-state index in [0.717, 1.165) is 26.7 Å². The largest absolute Gasteiger partial charge is 0.507 e. The third-order valence-corrected chi connectivity index (χ3v) is 7.61. The van der Waals surface area contributed by atoms with Gasteiger partial charge in [0.15, 0.2) is 0 Å². The van der Waals surface area contributed by atoms with Gasteiger partial charge < -0.3 is 14.4 Å². The number of benzene rings is 2. The van der Waals surface area contributed by atoms with Crippen molar-refractivity contribution in [1.29, 1.82) is 0 Å². The Bertz CT molecular complexity index is 948. The Morgan fingerprint density at radius 3 is 1.69 bits per heavy atom. The minimum atomic E-state index is -0.455. The van der Waals surface area contributed by atoms with Crippen molar-refractivity contribution >= 4 is 23.0 Å². The van der Waals surface area contributed by atoms with E-state index >= 15 is 0 Å². The SMILES string of the molecule is CC(C)(C)c1cc([C@@H](B2OC(C)(C)C(C)(C)O2)c2ccccc2Br)cc(C(C)(C)C)c1O. The molecule has 0 amide bonds. The monoisotopic (exact) mass is 500 g/mol. The molecule has 0 aromatic heterocycles. The van der Waals surface area contributed by atoms with E-state index in [0.29, 0.717) is 5.75 Å². The molecular formula is C27H38BBrO3. The fourth-order valence-corrected chi connectivity index (χ4v) is 4.75. The zero-order chi connectivity index (χ0) is 24.3. The van der Waals surface area contributed by atoms with Gasteiger partial charge in [0.2, 0.25) is 0 Å². The Morgan fingerprint density at radius 1 is 0.844 bits per heavy atom. The number of rotatable bonds is 3. The molecule has 1 saturated heterocycles. The second-order valence-corrected chi connectivity index (χ2v) is 12.9. The average Bonchev–Trinajstić information content (AvgIpc) is 2.83. The summed E-state index contributed by atoms with van der Waals surface area (Å²) in [5.74, 6) is 0.225. The van der Waals surface area contributed by atoms with Crippen LogP contribution in [0.5, 0.6) is 5.75 Å². The number of hydrogen-bond donors (Lipinski definition) is 1. The summed E-state index contributed by atoms with van der Waals surface area (Å²) in [6.45, 7) is 21.2. The molecule has 2 aromatic rings. The molecule has 1 aliphatic rings. The van der Waals surface area contributed by atoms with Gasteiger partial charge in [-0.15, -0.1) is 0 Å². The van der Waals surface area contributed by atoms with Gasteiger partial charge in [0, 0.05) is 10.3 Å². The molecule has 0 aliphatic carbocycles. The standard InChI is InChI=1S/C27H38BBrO3/c1-24(2,3)19-15-17(16-20(23(19)30)25(4,5)6)22(18-13-11-12-14-21(18)29)28-31-26(7,8)27(9,10)32-28/h11-16,22,30H,1-10H3/t22-/m1/s1. The first-order valence-corrected chi connectivity index (χ1v) is 12.2. The van der Waals surface area contributed by atoms with E-state index in [2.05, 4.69) is 109 Å². The first kappa shape index (κ1) is 25.3. The van der Waals surface area contributed by atoms with Crippen LogP contribution in [0.1, 0.15) is 97.3 Å². The number of phenols is 1. The molecule has 1 heterocycles. The van der Waals surface area contributed by atoms with Crippen molar-refractivity contribution in [2.45, 2.75) is 97.1 Å². The molecule has 5 heteroatoms. The van der Waals surface area contributed by atoms with Gasteiger partial charge in [-0.05, 0) is 66.8 Å². The summed E-state index contributed by atoms with van der Waals surface area (Å²) in [5, 5.41) is 11.3. The first-order valence-electron chi connectivity index (χ1n) is 11.4. The first-order chi connectivity index (χ1) is 14.5. The third kappa shape index (κ3) is 4.67. The summed E-state index contributed by atoms with van der Waals surface area (Å²) in [6.07, 6.45) is 0. The quantitative estimate of drug-likeness (QED) is 0.443. The molecule has 174 valence electrons. The molecule has 0 radical (unpaired) electrons. The van der Waals surface area contributed by atoms with Crippen molar-refractivity contribution < 1.29 is 14.4 Å². The third-order valence-electron chi connectivity index (χ3n) is 6.89. The average molecular weight is 501 g/mol. The highest BCUT2D eigenvalue weighted by atomic mass is 79.9. The Labute approximate surface area is 203 Å². The molecule has 1 aliphatic heterocycles. The van der Waals surface area contributed by atoms with Crippen LogP contribution >= 0.6 is 15.9 Å². The fraction of sp³-hybridized carbons (Fsp3) is 0.556. The molecule has 0 spiro atoms. The van der Waals surface area contributed by atoms with Gasteiger partial charge in [0.05, 0.1) is 11.2 Å². The predicted molar refractivity (Wildman–Crippen MR) is 138 cm³/mol. The Kier molecular flexibility index (Phi) is 6.47. The molecule has 0 bridgehead atoms. The van der Waals surface area contributed by atoms with Gasteiger partial charge in [-0.2, -0.15) is 0 Å². The summed E-state index contributed by atoms with van der Waals surface area (Å²) < 4.78 is 14.1. The number of aromatic hydroxyl groups is 1. The van der Waals surface area contributed by atoms with Crippen molar-refractivity contribution in [3.05, 3.63) is 63.1 Å². The highest BCUT2D eigenvalue weighted by molar-refractivity contribution is 9.10. The van der Waals surface area contributed by atoms with E-state index in [9.17, 15) is 5.11 Å². The molecule has 0 saturated carbocycles. The minimum absolute atomic E-state index is 0.158. The van der Waals surface area contributed by atoms with Gasteiger partial charge >= 0.3 is 7.12 Å². The molecule has 1 fully saturated rings. The molecule has 2 aromatic carbocycles. The van der Waals surface area contributed by atoms with Crippen LogP contribution in [0.2, 0.25) is 0 Å². The van der Waals surface area contributed by atoms with Crippen molar-refractivity contribution in [3.8, 4) is 5.75 Å². The lowest BCUT2D eigenvalue weighted by atomic mass is 9.63.